The lowest BCUT2D eigenvalue weighted by molar-refractivity contribution is -0.125. The third-order valence-corrected chi connectivity index (χ3v) is 5.73. The Morgan fingerprint density at radius 3 is 2.06 bits per heavy atom. The molecule has 1 aromatic heterocycles. The molecule has 0 unspecified atom stereocenters. The average molecular weight is 451 g/mol. The van der Waals surface area contributed by atoms with Crippen LogP contribution < -0.4 is 4.90 Å². The summed E-state index contributed by atoms with van der Waals surface area (Å²) in [5.41, 5.74) is 4.16. The highest BCUT2D eigenvalue weighted by molar-refractivity contribution is 6.31. The molecule has 0 atom stereocenters. The van der Waals surface area contributed by atoms with Crippen molar-refractivity contribution < 1.29 is 4.79 Å². The Morgan fingerprint density at radius 2 is 1.45 bits per heavy atom. The van der Waals surface area contributed by atoms with Crippen LogP contribution in [0, 0.1) is 5.41 Å². The molecule has 0 aliphatic carbocycles. The number of rotatable bonds is 4. The van der Waals surface area contributed by atoms with Crippen LogP contribution in [0.3, 0.4) is 0 Å². The predicted molar refractivity (Wildman–Crippen MR) is 131 cm³/mol. The van der Waals surface area contributed by atoms with E-state index in [0.717, 1.165) is 33.4 Å². The SMILES string of the molecule is CC(C)(C)C(=O)N(Cc1ccc(Cl)cc1)c1c(-c2ccc(Cl)cc2)[nH]c2ccccc12. The second-order valence-corrected chi connectivity index (χ2v) is 9.54. The number of nitrogens with zero attached hydrogens (tertiary/aromatic N) is 1. The number of benzene rings is 3. The van der Waals surface area contributed by atoms with E-state index in [2.05, 4.69) is 4.98 Å². The van der Waals surface area contributed by atoms with Crippen molar-refractivity contribution in [1.82, 2.24) is 4.98 Å². The zero-order chi connectivity index (χ0) is 22.2. The fourth-order valence-electron chi connectivity index (χ4n) is 3.66. The number of amides is 1. The van der Waals surface area contributed by atoms with Gasteiger partial charge in [0.05, 0.1) is 17.9 Å². The van der Waals surface area contributed by atoms with Gasteiger partial charge in [0.15, 0.2) is 0 Å². The smallest absolute Gasteiger partial charge is 0.232 e. The average Bonchev–Trinajstić information content (AvgIpc) is 3.12. The van der Waals surface area contributed by atoms with Gasteiger partial charge in [-0.3, -0.25) is 4.79 Å². The summed E-state index contributed by atoms with van der Waals surface area (Å²) in [6.07, 6.45) is 0. The van der Waals surface area contributed by atoms with E-state index in [1.807, 2.05) is 98.5 Å². The maximum Gasteiger partial charge on any atom is 0.232 e. The Balaban J connectivity index is 1.93. The molecule has 0 radical (unpaired) electrons. The van der Waals surface area contributed by atoms with Crippen molar-refractivity contribution in [3.8, 4) is 11.3 Å². The van der Waals surface area contributed by atoms with Gasteiger partial charge in [-0.1, -0.05) is 86.4 Å². The standard InChI is InChI=1S/C26H24Cl2N2O/c1-26(2,3)25(31)30(16-17-8-12-19(27)13-9-17)24-21-6-4-5-7-22(21)29-23(24)18-10-14-20(28)15-11-18/h4-15,29H,16H2,1-3H3. The van der Waals surface area contributed by atoms with Gasteiger partial charge in [-0.25, -0.2) is 0 Å². The van der Waals surface area contributed by atoms with Gasteiger partial charge in [0.25, 0.3) is 0 Å². The maximum absolute atomic E-state index is 13.7. The molecule has 0 bridgehead atoms. The van der Waals surface area contributed by atoms with E-state index in [0.29, 0.717) is 16.6 Å². The Bertz CT molecular complexity index is 1220. The summed E-state index contributed by atoms with van der Waals surface area (Å²) in [6, 6.07) is 23.4. The summed E-state index contributed by atoms with van der Waals surface area (Å²) < 4.78 is 0. The molecule has 5 heteroatoms. The molecule has 4 aromatic rings. The predicted octanol–water partition coefficient (Wildman–Crippen LogP) is 7.72. The summed E-state index contributed by atoms with van der Waals surface area (Å²) in [5, 5.41) is 2.34. The summed E-state index contributed by atoms with van der Waals surface area (Å²) in [5.74, 6) is 0.0439. The Morgan fingerprint density at radius 1 is 0.871 bits per heavy atom. The van der Waals surface area contributed by atoms with Gasteiger partial charge in [-0.15, -0.1) is 0 Å². The molecule has 0 saturated carbocycles. The van der Waals surface area contributed by atoms with E-state index in [9.17, 15) is 4.79 Å². The molecule has 4 rings (SSSR count). The zero-order valence-electron chi connectivity index (χ0n) is 17.7. The third-order valence-electron chi connectivity index (χ3n) is 5.22. The van der Waals surface area contributed by atoms with Crippen molar-refractivity contribution in [2.45, 2.75) is 27.3 Å². The van der Waals surface area contributed by atoms with Crippen molar-refractivity contribution in [2.75, 3.05) is 4.90 Å². The number of aromatic nitrogens is 1. The Hall–Kier alpha value is -2.75. The fourth-order valence-corrected chi connectivity index (χ4v) is 3.91. The Kier molecular flexibility index (Phi) is 5.83. The highest BCUT2D eigenvalue weighted by Gasteiger charge is 2.32. The highest BCUT2D eigenvalue weighted by atomic mass is 35.5. The van der Waals surface area contributed by atoms with Crippen LogP contribution in [0.15, 0.2) is 72.8 Å². The van der Waals surface area contributed by atoms with Gasteiger partial charge in [0, 0.05) is 31.9 Å². The second kappa shape index (κ2) is 8.41. The van der Waals surface area contributed by atoms with Gasteiger partial charge >= 0.3 is 0 Å². The molecular formula is C26H24Cl2N2O. The molecule has 0 spiro atoms. The largest absolute Gasteiger partial charge is 0.353 e. The van der Waals surface area contributed by atoms with Gasteiger partial charge < -0.3 is 9.88 Å². The number of fused-ring (bicyclic) bond motifs is 1. The topological polar surface area (TPSA) is 36.1 Å². The minimum atomic E-state index is -0.554. The number of hydrogen-bond acceptors (Lipinski definition) is 1. The second-order valence-electron chi connectivity index (χ2n) is 8.67. The molecule has 0 saturated heterocycles. The molecule has 3 nitrogen and oxygen atoms in total. The lowest BCUT2D eigenvalue weighted by Gasteiger charge is -2.30. The van der Waals surface area contributed by atoms with Crippen LogP contribution in [0.1, 0.15) is 26.3 Å². The van der Waals surface area contributed by atoms with Crippen molar-refractivity contribution in [3.63, 3.8) is 0 Å². The fraction of sp³-hybridized carbons (Fsp3) is 0.192. The molecular weight excluding hydrogens is 427 g/mol. The first-order chi connectivity index (χ1) is 14.7. The molecule has 3 aromatic carbocycles. The lowest BCUT2D eigenvalue weighted by Crippen LogP contribution is -2.39. The number of anilines is 1. The van der Waals surface area contributed by atoms with Crippen LogP contribution in [-0.4, -0.2) is 10.9 Å². The van der Waals surface area contributed by atoms with E-state index in [1.54, 1.807) is 0 Å². The van der Waals surface area contributed by atoms with Crippen molar-refractivity contribution in [2.24, 2.45) is 5.41 Å². The van der Waals surface area contributed by atoms with Gasteiger partial charge in [-0.2, -0.15) is 0 Å². The number of H-pyrrole nitrogens is 1. The van der Waals surface area contributed by atoms with E-state index >= 15 is 0 Å². The normalized spacial score (nSPS) is 11.6. The summed E-state index contributed by atoms with van der Waals surface area (Å²) >= 11 is 12.2. The number of halogens is 2. The lowest BCUT2D eigenvalue weighted by atomic mass is 9.93. The van der Waals surface area contributed by atoms with Gasteiger partial charge in [0.1, 0.15) is 0 Å². The van der Waals surface area contributed by atoms with Crippen molar-refractivity contribution in [3.05, 3.63) is 88.4 Å². The minimum Gasteiger partial charge on any atom is -0.353 e. The van der Waals surface area contributed by atoms with Crippen LogP contribution in [0.5, 0.6) is 0 Å². The van der Waals surface area contributed by atoms with E-state index in [-0.39, 0.29) is 5.91 Å². The van der Waals surface area contributed by atoms with Gasteiger partial charge in [-0.05, 0) is 35.9 Å². The van der Waals surface area contributed by atoms with E-state index in [4.69, 9.17) is 23.2 Å². The molecule has 158 valence electrons. The van der Waals surface area contributed by atoms with Crippen molar-refractivity contribution >= 4 is 45.7 Å². The summed E-state index contributed by atoms with van der Waals surface area (Å²) in [4.78, 5) is 19.1. The van der Waals surface area contributed by atoms with E-state index in [1.165, 1.54) is 0 Å². The first-order valence-electron chi connectivity index (χ1n) is 10.2. The van der Waals surface area contributed by atoms with Crippen LogP contribution in [0.4, 0.5) is 5.69 Å². The van der Waals surface area contributed by atoms with Crippen LogP contribution in [0.2, 0.25) is 10.0 Å². The zero-order valence-corrected chi connectivity index (χ0v) is 19.3. The van der Waals surface area contributed by atoms with E-state index < -0.39 is 5.41 Å². The molecule has 1 heterocycles. The minimum absolute atomic E-state index is 0.0439. The number of para-hydroxylation sites is 1. The maximum atomic E-state index is 13.7. The molecule has 31 heavy (non-hydrogen) atoms. The first-order valence-corrected chi connectivity index (χ1v) is 10.9. The molecule has 1 amide bonds. The summed E-state index contributed by atoms with van der Waals surface area (Å²) in [7, 11) is 0. The number of aromatic amines is 1. The number of carbonyl (C=O) groups is 1. The number of carbonyl (C=O) groups excluding carboxylic acids is 1. The highest BCUT2D eigenvalue weighted by Crippen LogP contribution is 2.40. The van der Waals surface area contributed by atoms with Crippen LogP contribution >= 0.6 is 23.2 Å². The number of hydrogen-bond donors (Lipinski definition) is 1. The van der Waals surface area contributed by atoms with Gasteiger partial charge in [0.2, 0.25) is 5.91 Å². The molecule has 0 aliphatic rings. The Labute approximate surface area is 192 Å². The van der Waals surface area contributed by atoms with Crippen molar-refractivity contribution in [1.29, 1.82) is 0 Å². The molecule has 0 fully saturated rings. The van der Waals surface area contributed by atoms with Crippen LogP contribution in [-0.2, 0) is 11.3 Å². The summed E-state index contributed by atoms with van der Waals surface area (Å²) in [6.45, 7) is 6.28. The molecule has 0 aliphatic heterocycles. The third kappa shape index (κ3) is 4.48. The molecule has 1 N–H and O–H groups in total. The number of nitrogens with one attached hydrogen (secondary N) is 1. The first kappa shape index (κ1) is 21.5. The van der Waals surface area contributed by atoms with Crippen LogP contribution in [0.25, 0.3) is 22.2 Å². The monoisotopic (exact) mass is 450 g/mol. The quantitative estimate of drug-likeness (QED) is 0.339.